The fourth-order valence-electron chi connectivity index (χ4n) is 4.56. The summed E-state index contributed by atoms with van der Waals surface area (Å²) in [5.41, 5.74) is 4.35. The van der Waals surface area contributed by atoms with Crippen LogP contribution in [0.3, 0.4) is 0 Å². The molecule has 3 aliphatic rings. The predicted octanol–water partition coefficient (Wildman–Crippen LogP) is 1.07. The molecule has 1 atom stereocenters. The maximum Gasteiger partial charge on any atom is 0.255 e. The number of hydrogen-bond acceptors (Lipinski definition) is 6. The Balaban J connectivity index is 1.33. The first-order valence-corrected chi connectivity index (χ1v) is 12.3. The number of nitrogens with one attached hydrogen (secondary N) is 1. The Kier molecular flexibility index (Phi) is 5.71. The smallest absolute Gasteiger partial charge is 0.255 e. The molecular formula is C23H24N4O4S. The van der Waals surface area contributed by atoms with Crippen molar-refractivity contribution in [3.63, 3.8) is 0 Å². The summed E-state index contributed by atoms with van der Waals surface area (Å²) >= 11 is -0.692. The number of rotatable bonds is 4. The highest BCUT2D eigenvalue weighted by molar-refractivity contribution is 7.91. The van der Waals surface area contributed by atoms with Crippen LogP contribution in [0.25, 0.3) is 11.3 Å². The molecule has 1 aromatic carbocycles. The van der Waals surface area contributed by atoms with E-state index in [0.717, 1.165) is 53.5 Å². The monoisotopic (exact) mass is 452 g/mol. The first kappa shape index (κ1) is 21.1. The first-order valence-electron chi connectivity index (χ1n) is 10.8. The molecule has 0 spiro atoms. The van der Waals surface area contributed by atoms with Crippen LogP contribution in [0, 0.1) is 0 Å². The van der Waals surface area contributed by atoms with E-state index in [1.54, 1.807) is 17.2 Å². The molecule has 32 heavy (non-hydrogen) atoms. The van der Waals surface area contributed by atoms with E-state index in [2.05, 4.69) is 21.3 Å². The van der Waals surface area contributed by atoms with Crippen molar-refractivity contribution >= 4 is 28.9 Å². The van der Waals surface area contributed by atoms with Gasteiger partial charge in [-0.1, -0.05) is 17.2 Å². The molecule has 0 saturated carbocycles. The molecule has 1 aromatic heterocycles. The van der Waals surface area contributed by atoms with Gasteiger partial charge in [0, 0.05) is 49.9 Å². The lowest BCUT2D eigenvalue weighted by Gasteiger charge is -2.29. The molecule has 1 unspecified atom stereocenters. The molecule has 9 heteroatoms. The minimum Gasteiger partial charge on any atom is -0.616 e. The van der Waals surface area contributed by atoms with Gasteiger partial charge in [-0.05, 0) is 41.8 Å². The number of piperidine rings is 1. The van der Waals surface area contributed by atoms with Crippen molar-refractivity contribution in [3.8, 4) is 11.3 Å². The number of amides is 3. The molecular weight excluding hydrogens is 428 g/mol. The number of benzene rings is 1. The topological polar surface area (TPSA) is 106 Å². The Labute approximate surface area is 189 Å². The molecule has 2 fully saturated rings. The SMILES string of the molecule is O=C1CCC(N2Cc3cc(-c4cc(CN5CC[S+]([O-])CC5)ccn4)ccc3C2=O)C(=O)N1. The van der Waals surface area contributed by atoms with Crippen LogP contribution in [0.15, 0.2) is 36.5 Å². The van der Waals surface area contributed by atoms with Crippen LogP contribution in [0.4, 0.5) is 0 Å². The van der Waals surface area contributed by atoms with E-state index in [-0.39, 0.29) is 18.2 Å². The quantitative estimate of drug-likeness (QED) is 0.550. The van der Waals surface area contributed by atoms with E-state index in [0.29, 0.717) is 18.5 Å². The average molecular weight is 453 g/mol. The van der Waals surface area contributed by atoms with E-state index in [1.807, 2.05) is 18.2 Å². The van der Waals surface area contributed by atoms with Gasteiger partial charge in [0.1, 0.15) is 17.5 Å². The minimum atomic E-state index is -0.692. The second kappa shape index (κ2) is 8.65. The molecule has 0 aliphatic carbocycles. The van der Waals surface area contributed by atoms with E-state index >= 15 is 0 Å². The van der Waals surface area contributed by atoms with Crippen LogP contribution < -0.4 is 5.32 Å². The summed E-state index contributed by atoms with van der Waals surface area (Å²) in [4.78, 5) is 45.0. The molecule has 8 nitrogen and oxygen atoms in total. The van der Waals surface area contributed by atoms with Gasteiger partial charge in [-0.3, -0.25) is 29.6 Å². The summed E-state index contributed by atoms with van der Waals surface area (Å²) in [6.45, 7) is 2.81. The van der Waals surface area contributed by atoms with Gasteiger partial charge in [0.05, 0.1) is 5.69 Å². The number of imide groups is 1. The zero-order chi connectivity index (χ0) is 22.2. The predicted molar refractivity (Wildman–Crippen MR) is 119 cm³/mol. The van der Waals surface area contributed by atoms with Gasteiger partial charge < -0.3 is 9.45 Å². The van der Waals surface area contributed by atoms with Gasteiger partial charge in [0.15, 0.2) is 0 Å². The van der Waals surface area contributed by atoms with Gasteiger partial charge in [-0.15, -0.1) is 0 Å². The van der Waals surface area contributed by atoms with Crippen molar-refractivity contribution in [2.45, 2.75) is 32.0 Å². The zero-order valence-corrected chi connectivity index (χ0v) is 18.4. The molecule has 0 radical (unpaired) electrons. The summed E-state index contributed by atoms with van der Waals surface area (Å²) in [5.74, 6) is 0.575. The molecule has 2 aromatic rings. The van der Waals surface area contributed by atoms with Gasteiger partial charge in [0.2, 0.25) is 11.8 Å². The van der Waals surface area contributed by atoms with Gasteiger partial charge >= 0.3 is 0 Å². The van der Waals surface area contributed by atoms with Crippen LogP contribution >= 0.6 is 0 Å². The number of carbonyl (C=O) groups excluding carboxylic acids is 3. The second-order valence-electron chi connectivity index (χ2n) is 8.45. The van der Waals surface area contributed by atoms with Crippen LogP contribution in [0.5, 0.6) is 0 Å². The summed E-state index contributed by atoms with van der Waals surface area (Å²) in [6.07, 6.45) is 2.39. The maximum absolute atomic E-state index is 12.9. The van der Waals surface area contributed by atoms with E-state index < -0.39 is 23.1 Å². The van der Waals surface area contributed by atoms with Crippen LogP contribution in [0.1, 0.15) is 34.3 Å². The summed E-state index contributed by atoms with van der Waals surface area (Å²) in [5, 5.41) is 2.33. The van der Waals surface area contributed by atoms with E-state index in [9.17, 15) is 18.9 Å². The van der Waals surface area contributed by atoms with Crippen LogP contribution in [-0.2, 0) is 33.9 Å². The Morgan fingerprint density at radius 1 is 1.12 bits per heavy atom. The van der Waals surface area contributed by atoms with Crippen molar-refractivity contribution in [1.29, 1.82) is 0 Å². The fraction of sp³-hybridized carbons (Fsp3) is 0.391. The number of pyridine rings is 1. The molecule has 3 amide bonds. The van der Waals surface area contributed by atoms with Crippen molar-refractivity contribution in [2.24, 2.45) is 0 Å². The largest absolute Gasteiger partial charge is 0.616 e. The minimum absolute atomic E-state index is 0.176. The van der Waals surface area contributed by atoms with Crippen molar-refractivity contribution in [1.82, 2.24) is 20.1 Å². The number of hydrogen-bond donors (Lipinski definition) is 1. The highest BCUT2D eigenvalue weighted by Crippen LogP contribution is 2.31. The summed E-state index contributed by atoms with van der Waals surface area (Å²) < 4.78 is 11.6. The zero-order valence-electron chi connectivity index (χ0n) is 17.6. The molecule has 4 heterocycles. The van der Waals surface area contributed by atoms with Crippen LogP contribution in [0.2, 0.25) is 0 Å². The molecule has 0 bridgehead atoms. The Hall–Kier alpha value is -2.75. The number of carbonyl (C=O) groups is 3. The lowest BCUT2D eigenvalue weighted by atomic mass is 10.0. The number of aromatic nitrogens is 1. The van der Waals surface area contributed by atoms with Gasteiger partial charge in [-0.2, -0.15) is 0 Å². The third-order valence-electron chi connectivity index (χ3n) is 6.32. The first-order chi connectivity index (χ1) is 15.5. The van der Waals surface area contributed by atoms with Crippen molar-refractivity contribution in [2.75, 3.05) is 24.6 Å². The van der Waals surface area contributed by atoms with Gasteiger partial charge in [0.25, 0.3) is 5.91 Å². The molecule has 1 N–H and O–H groups in total. The molecule has 5 rings (SSSR count). The third kappa shape index (κ3) is 4.15. The number of fused-ring (bicyclic) bond motifs is 1. The lowest BCUT2D eigenvalue weighted by Crippen LogP contribution is -2.52. The standard InChI is InChI=1S/C23H24N4O4S/c28-21-4-3-20(22(29)25-21)27-14-17-12-16(1-2-18(17)23(27)30)19-11-15(5-6-24-19)13-26-7-9-32(31)10-8-26/h1-2,5-6,11-12,20H,3-4,7-10,13-14H2,(H,25,28,29). The highest BCUT2D eigenvalue weighted by atomic mass is 32.2. The molecule has 166 valence electrons. The van der Waals surface area contributed by atoms with Gasteiger partial charge in [-0.25, -0.2) is 0 Å². The van der Waals surface area contributed by atoms with E-state index in [1.165, 1.54) is 0 Å². The molecule has 2 saturated heterocycles. The van der Waals surface area contributed by atoms with Crippen molar-refractivity contribution in [3.05, 3.63) is 53.2 Å². The normalized spacial score (nSPS) is 22.2. The fourth-order valence-corrected chi connectivity index (χ4v) is 5.68. The Morgan fingerprint density at radius 2 is 1.94 bits per heavy atom. The lowest BCUT2D eigenvalue weighted by molar-refractivity contribution is -0.136. The van der Waals surface area contributed by atoms with Crippen molar-refractivity contribution < 1.29 is 18.9 Å². The Morgan fingerprint density at radius 3 is 2.72 bits per heavy atom. The second-order valence-corrected chi connectivity index (χ2v) is 10.1. The summed E-state index contributed by atoms with van der Waals surface area (Å²) in [6, 6.07) is 9.10. The molecule has 3 aliphatic heterocycles. The van der Waals surface area contributed by atoms with Crippen LogP contribution in [-0.4, -0.2) is 67.7 Å². The average Bonchev–Trinajstić information content (AvgIpc) is 3.11. The van der Waals surface area contributed by atoms with E-state index in [4.69, 9.17) is 0 Å². The highest BCUT2D eigenvalue weighted by Gasteiger charge is 2.39. The summed E-state index contributed by atoms with van der Waals surface area (Å²) in [7, 11) is 0. The maximum atomic E-state index is 12.9. The number of nitrogens with zero attached hydrogens (tertiary/aromatic N) is 3. The Bertz CT molecular complexity index is 1080. The third-order valence-corrected chi connectivity index (χ3v) is 7.60.